The predicted molar refractivity (Wildman–Crippen MR) is 139 cm³/mol. The molecule has 0 spiro atoms. The van der Waals surface area contributed by atoms with Crippen molar-refractivity contribution in [3.05, 3.63) is 109 Å². The highest BCUT2D eigenvalue weighted by Crippen LogP contribution is 2.47. The number of fused-ring (bicyclic) bond motifs is 8. The molecule has 34 heavy (non-hydrogen) atoms. The number of nitrogens with zero attached hydrogens (tertiary/aromatic N) is 1. The van der Waals surface area contributed by atoms with Gasteiger partial charge in [-0.3, -0.25) is 0 Å². The second-order valence-corrected chi connectivity index (χ2v) is 8.88. The maximum absolute atomic E-state index is 6.70. The molecule has 0 bridgehead atoms. The second kappa shape index (κ2) is 6.55. The highest BCUT2D eigenvalue weighted by molar-refractivity contribution is 6.86. The Morgan fingerprint density at radius 3 is 2.35 bits per heavy atom. The predicted octanol–water partition coefficient (Wildman–Crippen LogP) is 6.53. The van der Waals surface area contributed by atoms with Gasteiger partial charge in [0, 0.05) is 44.4 Å². The molecule has 0 saturated heterocycles. The van der Waals surface area contributed by atoms with Crippen LogP contribution in [-0.4, -0.2) is 6.92 Å². The molecule has 1 aromatic heterocycles. The average Bonchev–Trinajstić information content (AvgIpc) is 3.27. The van der Waals surface area contributed by atoms with Crippen LogP contribution in [0, 0.1) is 0 Å². The summed E-state index contributed by atoms with van der Waals surface area (Å²) < 4.78 is 13.2. The van der Waals surface area contributed by atoms with E-state index in [0.29, 0.717) is 0 Å². The van der Waals surface area contributed by atoms with E-state index >= 15 is 0 Å². The van der Waals surface area contributed by atoms with Crippen LogP contribution in [0.4, 0.5) is 17.1 Å². The number of rotatable bonds is 1. The lowest BCUT2D eigenvalue weighted by Crippen LogP contribution is -2.56. The lowest BCUT2D eigenvalue weighted by atomic mass is 9.49. The van der Waals surface area contributed by atoms with Crippen LogP contribution in [-0.2, 0) is 0 Å². The number of furan rings is 1. The Labute approximate surface area is 196 Å². The third kappa shape index (κ3) is 2.27. The third-order valence-electron chi connectivity index (χ3n) is 7.07. The zero-order valence-electron chi connectivity index (χ0n) is 18.2. The van der Waals surface area contributed by atoms with E-state index in [1.807, 2.05) is 18.2 Å². The van der Waals surface area contributed by atoms with Crippen LogP contribution in [0.2, 0.25) is 0 Å². The Kier molecular flexibility index (Phi) is 3.48. The van der Waals surface area contributed by atoms with Gasteiger partial charge in [0.05, 0.1) is 0 Å². The first-order chi connectivity index (χ1) is 16.9. The Hall–Kier alpha value is -4.44. The van der Waals surface area contributed by atoms with Crippen molar-refractivity contribution in [3.63, 3.8) is 0 Å². The molecular weight excluding hydrogens is 417 g/mol. The summed E-state index contributed by atoms with van der Waals surface area (Å²) in [5.41, 5.74) is 9.76. The number of hydrogen-bond donors (Lipinski definition) is 0. The monoisotopic (exact) mass is 435 g/mol. The fraction of sp³-hybridized carbons (Fsp3) is 0. The van der Waals surface area contributed by atoms with Crippen molar-refractivity contribution in [1.29, 1.82) is 0 Å². The first kappa shape index (κ1) is 18.0. The smallest absolute Gasteiger partial charge is 0.431 e. The Bertz CT molecular complexity index is 1760. The normalized spacial score (nSPS) is 13.4. The molecule has 0 unspecified atom stereocenters. The summed E-state index contributed by atoms with van der Waals surface area (Å²) in [6.45, 7) is -0.200. The standard InChI is InChI=1S/C30H18BNO2/c1-2-10-19(11-3-1)32-24-15-7-6-14-23(24)31-29-25(32)18-22-20-12-4-8-16-26(20)33-30(22)28(29)21-13-5-9-17-27(21)34-31/h1-18H. The molecular formula is C30H18BNO2. The molecule has 3 heterocycles. The van der Waals surface area contributed by atoms with Crippen molar-refractivity contribution < 1.29 is 9.07 Å². The van der Waals surface area contributed by atoms with E-state index in [4.69, 9.17) is 9.07 Å². The molecule has 6 aromatic rings. The molecule has 3 nitrogen and oxygen atoms in total. The molecule has 0 saturated carbocycles. The second-order valence-electron chi connectivity index (χ2n) is 8.88. The maximum atomic E-state index is 6.70. The molecule has 2 aliphatic heterocycles. The Morgan fingerprint density at radius 2 is 1.41 bits per heavy atom. The van der Waals surface area contributed by atoms with Crippen LogP contribution >= 0.6 is 0 Å². The van der Waals surface area contributed by atoms with Crippen molar-refractivity contribution in [2.75, 3.05) is 4.90 Å². The van der Waals surface area contributed by atoms with Crippen molar-refractivity contribution in [3.8, 4) is 16.9 Å². The lowest BCUT2D eigenvalue weighted by Gasteiger charge is -2.39. The molecule has 8 rings (SSSR count). The van der Waals surface area contributed by atoms with Gasteiger partial charge in [0.25, 0.3) is 0 Å². The van der Waals surface area contributed by atoms with Gasteiger partial charge in [-0.1, -0.05) is 72.8 Å². The summed E-state index contributed by atoms with van der Waals surface area (Å²) in [5, 5.41) is 2.25. The maximum Gasteiger partial charge on any atom is 0.431 e. The quantitative estimate of drug-likeness (QED) is 0.275. The zero-order valence-corrected chi connectivity index (χ0v) is 18.2. The van der Waals surface area contributed by atoms with E-state index in [2.05, 4.69) is 95.9 Å². The lowest BCUT2D eigenvalue weighted by molar-refractivity contribution is 0.589. The van der Waals surface area contributed by atoms with Crippen LogP contribution in [0.1, 0.15) is 0 Å². The Balaban J connectivity index is 1.59. The van der Waals surface area contributed by atoms with Crippen molar-refractivity contribution in [2.45, 2.75) is 0 Å². The van der Waals surface area contributed by atoms with E-state index in [0.717, 1.165) is 66.8 Å². The van der Waals surface area contributed by atoms with E-state index in [9.17, 15) is 0 Å². The average molecular weight is 435 g/mol. The number of benzene rings is 5. The summed E-state index contributed by atoms with van der Waals surface area (Å²) in [6.07, 6.45) is 0. The number of anilines is 3. The van der Waals surface area contributed by atoms with E-state index in [-0.39, 0.29) is 6.92 Å². The first-order valence-corrected chi connectivity index (χ1v) is 11.6. The van der Waals surface area contributed by atoms with Gasteiger partial charge in [0.1, 0.15) is 16.9 Å². The van der Waals surface area contributed by atoms with Gasteiger partial charge in [-0.15, -0.1) is 0 Å². The van der Waals surface area contributed by atoms with Crippen molar-refractivity contribution in [1.82, 2.24) is 0 Å². The number of para-hydroxylation sites is 4. The van der Waals surface area contributed by atoms with Gasteiger partial charge in [0.15, 0.2) is 0 Å². The summed E-state index contributed by atoms with van der Waals surface area (Å²) >= 11 is 0. The molecule has 4 heteroatoms. The molecule has 0 fully saturated rings. The summed E-state index contributed by atoms with van der Waals surface area (Å²) in [5.74, 6) is 0.891. The fourth-order valence-corrected chi connectivity index (χ4v) is 5.66. The van der Waals surface area contributed by atoms with Gasteiger partial charge in [-0.25, -0.2) is 0 Å². The molecule has 0 N–H and O–H groups in total. The van der Waals surface area contributed by atoms with E-state index in [1.165, 1.54) is 0 Å². The fourth-order valence-electron chi connectivity index (χ4n) is 5.66. The molecule has 5 aromatic carbocycles. The summed E-state index contributed by atoms with van der Waals surface area (Å²) in [6, 6.07) is 38.0. The largest absolute Gasteiger partial charge is 0.551 e. The van der Waals surface area contributed by atoms with Crippen LogP contribution < -0.4 is 20.5 Å². The van der Waals surface area contributed by atoms with Gasteiger partial charge in [0.2, 0.25) is 0 Å². The van der Waals surface area contributed by atoms with Crippen LogP contribution in [0.5, 0.6) is 5.75 Å². The first-order valence-electron chi connectivity index (χ1n) is 11.6. The SMILES string of the molecule is c1ccc(N2c3ccccc3B3Oc4ccccc4-c4c3c2cc2c4oc3ccccc32)cc1. The minimum Gasteiger partial charge on any atom is -0.551 e. The van der Waals surface area contributed by atoms with Gasteiger partial charge >= 0.3 is 6.92 Å². The van der Waals surface area contributed by atoms with Crippen molar-refractivity contribution >= 4 is 56.8 Å². The van der Waals surface area contributed by atoms with Gasteiger partial charge in [-0.2, -0.15) is 0 Å². The minimum absolute atomic E-state index is 0.200. The third-order valence-corrected chi connectivity index (χ3v) is 7.07. The molecule has 158 valence electrons. The molecule has 2 aliphatic rings. The number of hydrogen-bond acceptors (Lipinski definition) is 3. The van der Waals surface area contributed by atoms with Crippen molar-refractivity contribution in [2.24, 2.45) is 0 Å². The van der Waals surface area contributed by atoms with E-state index in [1.54, 1.807) is 0 Å². The molecule has 0 atom stereocenters. The molecule has 0 radical (unpaired) electrons. The van der Waals surface area contributed by atoms with Crippen LogP contribution in [0.3, 0.4) is 0 Å². The summed E-state index contributed by atoms with van der Waals surface area (Å²) in [7, 11) is 0. The topological polar surface area (TPSA) is 25.6 Å². The highest BCUT2D eigenvalue weighted by atomic mass is 16.4. The molecule has 0 aliphatic carbocycles. The van der Waals surface area contributed by atoms with Crippen LogP contribution in [0.25, 0.3) is 33.1 Å². The van der Waals surface area contributed by atoms with E-state index < -0.39 is 0 Å². The molecule has 0 amide bonds. The highest BCUT2D eigenvalue weighted by Gasteiger charge is 2.43. The Morgan fingerprint density at radius 1 is 0.647 bits per heavy atom. The summed E-state index contributed by atoms with van der Waals surface area (Å²) in [4.78, 5) is 2.36. The van der Waals surface area contributed by atoms with Crippen LogP contribution in [0.15, 0.2) is 114 Å². The van der Waals surface area contributed by atoms with Gasteiger partial charge < -0.3 is 14.0 Å². The minimum atomic E-state index is -0.200. The zero-order chi connectivity index (χ0) is 22.2. The van der Waals surface area contributed by atoms with Gasteiger partial charge in [-0.05, 0) is 41.9 Å².